The predicted octanol–water partition coefficient (Wildman–Crippen LogP) is 2.82. The Kier molecular flexibility index (Phi) is 3.78. The van der Waals surface area contributed by atoms with Gasteiger partial charge in [-0.15, -0.1) is 0 Å². The fourth-order valence-corrected chi connectivity index (χ4v) is 2.93. The highest BCUT2D eigenvalue weighted by Crippen LogP contribution is 2.46. The standard InChI is InChI=1S/C15H15F3N2O2/c1-13(2)8-14(22,5-9(6-19)12(13)21)11-4-3-10(7-20-11)15(16,17)18/h3-4,7,9,22H,5,8H2,1-2H3. The van der Waals surface area contributed by atoms with Crippen molar-refractivity contribution in [3.63, 3.8) is 0 Å². The molecule has 0 aromatic carbocycles. The summed E-state index contributed by atoms with van der Waals surface area (Å²) in [7, 11) is 0. The van der Waals surface area contributed by atoms with Crippen molar-refractivity contribution in [1.82, 2.24) is 4.98 Å². The Bertz CT molecular complexity index is 632. The first kappa shape index (κ1) is 16.4. The van der Waals surface area contributed by atoms with Crippen LogP contribution in [0, 0.1) is 22.7 Å². The molecule has 0 spiro atoms. The lowest BCUT2D eigenvalue weighted by Crippen LogP contribution is -2.47. The van der Waals surface area contributed by atoms with E-state index < -0.39 is 28.7 Å². The van der Waals surface area contributed by atoms with Crippen LogP contribution in [0.2, 0.25) is 0 Å². The van der Waals surface area contributed by atoms with E-state index in [2.05, 4.69) is 4.98 Å². The molecule has 2 atom stereocenters. The van der Waals surface area contributed by atoms with Crippen molar-refractivity contribution in [2.24, 2.45) is 11.3 Å². The van der Waals surface area contributed by atoms with Crippen LogP contribution in [-0.2, 0) is 16.6 Å². The highest BCUT2D eigenvalue weighted by Gasteiger charge is 2.50. The third kappa shape index (κ3) is 2.83. The van der Waals surface area contributed by atoms with Gasteiger partial charge in [0, 0.05) is 18.0 Å². The van der Waals surface area contributed by atoms with E-state index in [1.165, 1.54) is 0 Å². The summed E-state index contributed by atoms with van der Waals surface area (Å²) in [5, 5.41) is 19.8. The van der Waals surface area contributed by atoms with E-state index in [9.17, 15) is 23.1 Å². The summed E-state index contributed by atoms with van der Waals surface area (Å²) in [6.07, 6.45) is -4.01. The van der Waals surface area contributed by atoms with Gasteiger partial charge < -0.3 is 5.11 Å². The van der Waals surface area contributed by atoms with E-state index in [4.69, 9.17) is 5.26 Å². The smallest absolute Gasteiger partial charge is 0.383 e. The zero-order valence-corrected chi connectivity index (χ0v) is 12.1. The third-order valence-corrected chi connectivity index (χ3v) is 3.98. The average Bonchev–Trinajstić information content (AvgIpc) is 2.42. The largest absolute Gasteiger partial charge is 0.417 e. The lowest BCUT2D eigenvalue weighted by Gasteiger charge is -2.41. The number of aliphatic hydroxyl groups is 1. The minimum Gasteiger partial charge on any atom is -0.383 e. The summed E-state index contributed by atoms with van der Waals surface area (Å²) >= 11 is 0. The number of nitriles is 1. The first-order chi connectivity index (χ1) is 9.99. The van der Waals surface area contributed by atoms with Gasteiger partial charge in [-0.1, -0.05) is 13.8 Å². The quantitative estimate of drug-likeness (QED) is 0.865. The molecule has 4 nitrogen and oxygen atoms in total. The number of hydrogen-bond donors (Lipinski definition) is 1. The van der Waals surface area contributed by atoms with Gasteiger partial charge in [0.25, 0.3) is 0 Å². The first-order valence-corrected chi connectivity index (χ1v) is 6.70. The van der Waals surface area contributed by atoms with Gasteiger partial charge in [0.05, 0.1) is 17.3 Å². The van der Waals surface area contributed by atoms with Crippen LogP contribution in [0.4, 0.5) is 13.2 Å². The number of nitrogens with zero attached hydrogens (tertiary/aromatic N) is 2. The van der Waals surface area contributed by atoms with Gasteiger partial charge >= 0.3 is 6.18 Å². The Balaban J connectivity index is 2.38. The number of carbonyl (C=O) groups is 1. The minimum atomic E-state index is -4.51. The maximum atomic E-state index is 12.6. The molecule has 1 aliphatic carbocycles. The molecule has 1 aromatic heterocycles. The van der Waals surface area contributed by atoms with Crippen molar-refractivity contribution in [2.75, 3.05) is 0 Å². The van der Waals surface area contributed by atoms with Crippen LogP contribution in [0.1, 0.15) is 37.9 Å². The lowest BCUT2D eigenvalue weighted by atomic mass is 9.63. The SMILES string of the molecule is CC1(C)CC(O)(c2ccc(C(F)(F)F)cn2)CC(C#N)C1=O. The molecule has 0 radical (unpaired) electrons. The summed E-state index contributed by atoms with van der Waals surface area (Å²) in [5.41, 5.74) is -3.41. The molecule has 0 amide bonds. The van der Waals surface area contributed by atoms with Gasteiger partial charge in [-0.2, -0.15) is 18.4 Å². The van der Waals surface area contributed by atoms with E-state index >= 15 is 0 Å². The molecule has 2 unspecified atom stereocenters. The molecule has 2 rings (SSSR count). The van der Waals surface area contributed by atoms with Crippen LogP contribution in [-0.4, -0.2) is 15.9 Å². The Labute approximate surface area is 125 Å². The molecule has 1 heterocycles. The molecule has 22 heavy (non-hydrogen) atoms. The normalized spacial score (nSPS) is 28.2. The summed E-state index contributed by atoms with van der Waals surface area (Å²) in [6.45, 7) is 3.21. The number of pyridine rings is 1. The molecule has 0 saturated heterocycles. The zero-order valence-electron chi connectivity index (χ0n) is 12.1. The Morgan fingerprint density at radius 2 is 2.05 bits per heavy atom. The lowest BCUT2D eigenvalue weighted by molar-refractivity contribution is -0.144. The number of aromatic nitrogens is 1. The van der Waals surface area contributed by atoms with E-state index in [1.807, 2.05) is 6.07 Å². The Morgan fingerprint density at radius 3 is 2.50 bits per heavy atom. The van der Waals surface area contributed by atoms with E-state index in [0.717, 1.165) is 12.1 Å². The van der Waals surface area contributed by atoms with Crippen LogP contribution >= 0.6 is 0 Å². The number of rotatable bonds is 1. The minimum absolute atomic E-state index is 0.00930. The van der Waals surface area contributed by atoms with Gasteiger partial charge in [0.15, 0.2) is 5.78 Å². The van der Waals surface area contributed by atoms with Crippen molar-refractivity contribution in [3.05, 3.63) is 29.6 Å². The van der Waals surface area contributed by atoms with Crippen molar-refractivity contribution in [2.45, 2.75) is 38.5 Å². The number of Topliss-reactive ketones (excluding diaryl/α,β-unsaturated/α-hetero) is 1. The van der Waals surface area contributed by atoms with Crippen LogP contribution in [0.3, 0.4) is 0 Å². The highest BCUT2D eigenvalue weighted by molar-refractivity contribution is 5.89. The van der Waals surface area contributed by atoms with E-state index in [1.54, 1.807) is 13.8 Å². The predicted molar refractivity (Wildman–Crippen MR) is 70.3 cm³/mol. The molecular weight excluding hydrogens is 297 g/mol. The second kappa shape index (κ2) is 5.06. The Morgan fingerprint density at radius 1 is 1.41 bits per heavy atom. The molecule has 1 fully saturated rings. The Hall–Kier alpha value is -1.94. The monoisotopic (exact) mass is 312 g/mol. The van der Waals surface area contributed by atoms with Gasteiger partial charge in [0.2, 0.25) is 0 Å². The van der Waals surface area contributed by atoms with Crippen molar-refractivity contribution in [1.29, 1.82) is 5.26 Å². The maximum absolute atomic E-state index is 12.6. The zero-order chi connectivity index (χ0) is 16.8. The van der Waals surface area contributed by atoms with Crippen molar-refractivity contribution >= 4 is 5.78 Å². The van der Waals surface area contributed by atoms with Crippen molar-refractivity contribution < 1.29 is 23.1 Å². The van der Waals surface area contributed by atoms with E-state index in [0.29, 0.717) is 6.20 Å². The summed E-state index contributed by atoms with van der Waals surface area (Å²) in [5.74, 6) is -1.27. The topological polar surface area (TPSA) is 74.0 Å². The van der Waals surface area contributed by atoms with Gasteiger partial charge in [0.1, 0.15) is 11.5 Å². The number of ketones is 1. The van der Waals surface area contributed by atoms with Gasteiger partial charge in [-0.05, 0) is 18.6 Å². The van der Waals surface area contributed by atoms with Gasteiger partial charge in [-0.25, -0.2) is 0 Å². The third-order valence-electron chi connectivity index (χ3n) is 3.98. The maximum Gasteiger partial charge on any atom is 0.417 e. The average molecular weight is 312 g/mol. The second-order valence-electron chi connectivity index (χ2n) is 6.27. The first-order valence-electron chi connectivity index (χ1n) is 6.70. The highest BCUT2D eigenvalue weighted by atomic mass is 19.4. The molecule has 7 heteroatoms. The number of carbonyl (C=O) groups excluding carboxylic acids is 1. The molecule has 0 bridgehead atoms. The summed E-state index contributed by atoms with van der Waals surface area (Å²) < 4.78 is 37.7. The molecule has 1 N–H and O–H groups in total. The van der Waals surface area contributed by atoms with Crippen LogP contribution in [0.5, 0.6) is 0 Å². The van der Waals surface area contributed by atoms with Gasteiger partial charge in [-0.3, -0.25) is 9.78 Å². The molecule has 1 aliphatic rings. The van der Waals surface area contributed by atoms with Crippen LogP contribution < -0.4 is 0 Å². The summed E-state index contributed by atoms with van der Waals surface area (Å²) in [4.78, 5) is 15.8. The number of alkyl halides is 3. The van der Waals surface area contributed by atoms with Crippen LogP contribution in [0.15, 0.2) is 18.3 Å². The molecule has 0 aliphatic heterocycles. The molecule has 118 valence electrons. The fraction of sp³-hybridized carbons (Fsp3) is 0.533. The van der Waals surface area contributed by atoms with Crippen LogP contribution in [0.25, 0.3) is 0 Å². The molecule has 1 saturated carbocycles. The van der Waals surface area contributed by atoms with Crippen molar-refractivity contribution in [3.8, 4) is 6.07 Å². The van der Waals surface area contributed by atoms with E-state index in [-0.39, 0.29) is 24.3 Å². The summed E-state index contributed by atoms with van der Waals surface area (Å²) in [6, 6.07) is 3.79. The fourth-order valence-electron chi connectivity index (χ4n) is 2.93. The second-order valence-corrected chi connectivity index (χ2v) is 6.27. The number of hydrogen-bond acceptors (Lipinski definition) is 4. The molecule has 1 aromatic rings. The molecular formula is C15H15F3N2O2. The number of halogens is 3.